The number of rotatable bonds is 26. The van der Waals surface area contributed by atoms with Gasteiger partial charge in [-0.05, 0) is 75.9 Å². The quantitative estimate of drug-likeness (QED) is 0.0477. The minimum atomic E-state index is -5.33. The van der Waals surface area contributed by atoms with Crippen molar-refractivity contribution in [3.05, 3.63) is 65.1 Å². The molecule has 8 rings (SSSR count). The molecule has 1 unspecified atom stereocenters. The summed E-state index contributed by atoms with van der Waals surface area (Å²) in [7, 11) is -5.33. The number of phosphoric acid groups is 1. The van der Waals surface area contributed by atoms with E-state index in [0.717, 1.165) is 0 Å². The van der Waals surface area contributed by atoms with E-state index >= 15 is 0 Å². The number of ether oxygens (including phenoxy) is 1. The van der Waals surface area contributed by atoms with E-state index in [0.29, 0.717) is 50.9 Å². The summed E-state index contributed by atoms with van der Waals surface area (Å²) in [5, 5.41) is 35.8. The molecule has 2 aromatic rings. The number of carbonyl (C=O) groups is 7. The van der Waals surface area contributed by atoms with Crippen LogP contribution in [0, 0.1) is 57.2 Å². The van der Waals surface area contributed by atoms with Gasteiger partial charge in [-0.15, -0.1) is 0 Å². The molecule has 0 spiro atoms. The first-order valence-corrected chi connectivity index (χ1v) is 31.1. The van der Waals surface area contributed by atoms with Crippen molar-refractivity contribution in [2.75, 3.05) is 13.2 Å². The number of aromatic nitrogens is 4. The number of allylic oxidation sites excluding steroid dienone is 6. The van der Waals surface area contributed by atoms with Crippen molar-refractivity contribution < 1.29 is 83.8 Å². The maximum atomic E-state index is 14.3. The fourth-order valence-electron chi connectivity index (χ4n) is 14.8. The van der Waals surface area contributed by atoms with E-state index in [1.807, 2.05) is 47.6 Å². The maximum Gasteiger partial charge on any atom is 3.00 e. The number of carbonyl (C=O) groups excluding carboxylic acids is 7. The van der Waals surface area contributed by atoms with E-state index in [4.69, 9.17) is 80.3 Å². The molecule has 0 aliphatic carbocycles. The summed E-state index contributed by atoms with van der Waals surface area (Å²) in [4.78, 5) is 136. The zero-order valence-electron chi connectivity index (χ0n) is 52.3. The smallest absolute Gasteiger partial charge is 0.756 e. The molecule has 8 heterocycles. The van der Waals surface area contributed by atoms with Crippen LogP contribution in [0.1, 0.15) is 139 Å². The first-order valence-electron chi connectivity index (χ1n) is 29.6. The predicted molar refractivity (Wildman–Crippen MR) is 323 cm³/mol. The number of aliphatic hydroxyl groups excluding tert-OH is 2. The number of nitrogens with two attached hydrogens (primary N) is 6. The number of imidazole rings is 1. The number of nitrogens with one attached hydrogen (secondary N) is 1. The Labute approximate surface area is 537 Å². The van der Waals surface area contributed by atoms with Crippen LogP contribution in [0.3, 0.4) is 0 Å². The Hall–Kier alpha value is -7.14. The molecular formula is C59H82CoN16O14P. The number of fused-ring (bicyclic) bond motifs is 7. The molecule has 0 radical (unpaired) electrons. The molecule has 0 aromatic carbocycles. The molecule has 8 bridgehead atoms. The van der Waals surface area contributed by atoms with Gasteiger partial charge in [0.2, 0.25) is 41.4 Å². The predicted octanol–water partition coefficient (Wildman–Crippen LogP) is 1.58. The van der Waals surface area contributed by atoms with E-state index in [9.17, 15) is 53.2 Å². The summed E-state index contributed by atoms with van der Waals surface area (Å²) in [5.74, 6) is -7.45. The van der Waals surface area contributed by atoms with Crippen LogP contribution in [0.2, 0.25) is 0 Å². The normalized spacial score (nSPS) is 33.6. The number of hydrogen-bond donors (Lipinski definition) is 9. The second-order valence-electron chi connectivity index (χ2n) is 25.8. The SMILES string of the molecule is C/C1=C2/[N-]/C(=C\C3=NC(=C(/C)C4=N[C@@](C)([C@@H]5N=C1[C@](C)(CCC(=O)NC[C@H](C)OP(=O)([O-])O[C@H]1[C@@H](O)[C@@H](n6cnc7ncncc76)O[C@@H]1CO)[C@H]5CC(N)=O)[C@@](C)(CC(N)=O)[C@@H]4CCC(N)=O)/[C@@](C)(CC(N)=O)[C@@H]3CCC(N)=O)C(C)(C)[C@@H]2CCC(N)=O.[C-]#N.[Co+3]. The summed E-state index contributed by atoms with van der Waals surface area (Å²) in [5.41, 5.74) is 34.1. The van der Waals surface area contributed by atoms with Crippen molar-refractivity contribution >= 4 is 77.5 Å². The number of primary amides is 6. The molecule has 6 aliphatic rings. The standard InChI is InChI=1S/C58H84N15O14P.CN.Co/c1-27(86-88(83,84)87-48-36(24-74)85-53(47(48)82)73-26-68-52-35(73)23-65-25-67-52)22-66-44(81)16-17-55(6)33(18-41(62)78)51-58(9)57(8,21-43(64)80)32(12-15-40(61)77)46(72-58)29(3)50-56(7,20-42(63)79)30(10-13-38(59)75)34(69-50)19-37-54(4,5)31(11-14-39(60)76)45(70-37)28(2)49(55)71-51;1-2;/h19,23,25-27,30-33,36,47-48,51,53,74,82H,10-18,20-22,24H2,1-9H3,(H15,59,60,61,62,63,64,66,69,70,71,72,75,76,77,78,79,80,81,83,84);;/q;-1;+3/p-2/t27-,30+,31+,32+,33-,36+,47+,48+,51+,53-,55+,56-,57-,58-;;/m0../s1. The van der Waals surface area contributed by atoms with Gasteiger partial charge in [0.1, 0.15) is 30.2 Å². The summed E-state index contributed by atoms with van der Waals surface area (Å²) in [6.45, 7) is 19.8. The van der Waals surface area contributed by atoms with Crippen LogP contribution in [0.4, 0.5) is 0 Å². The van der Waals surface area contributed by atoms with Crippen molar-refractivity contribution in [2.24, 2.45) is 94.7 Å². The van der Waals surface area contributed by atoms with Crippen molar-refractivity contribution in [1.29, 1.82) is 5.26 Å². The van der Waals surface area contributed by atoms with Gasteiger partial charge in [-0.3, -0.25) is 57.7 Å². The molecule has 0 saturated carbocycles. The summed E-state index contributed by atoms with van der Waals surface area (Å²) >= 11 is 0. The van der Waals surface area contributed by atoms with Crippen LogP contribution in [-0.4, -0.2) is 137 Å². The Balaban J connectivity index is 0.00000434. The fraction of sp³-hybridized carbons (Fsp3) is 0.627. The second kappa shape index (κ2) is 28.0. The third kappa shape index (κ3) is 14.3. The number of phosphoric ester groups is 1. The van der Waals surface area contributed by atoms with Crippen molar-refractivity contribution in [3.8, 4) is 0 Å². The number of nitrogens with zero attached hydrogens (tertiary/aromatic N) is 9. The maximum absolute atomic E-state index is 14.3. The zero-order valence-corrected chi connectivity index (χ0v) is 54.3. The Kier molecular flexibility index (Phi) is 22.4. The molecule has 7 amide bonds. The molecule has 2 fully saturated rings. The van der Waals surface area contributed by atoms with E-state index in [-0.39, 0.29) is 99.6 Å². The summed E-state index contributed by atoms with van der Waals surface area (Å²) in [6.07, 6.45) is -2.48. The molecule has 32 heteroatoms. The first kappa shape index (κ1) is 72.9. The molecule has 30 nitrogen and oxygen atoms in total. The van der Waals surface area contributed by atoms with Crippen LogP contribution < -0.4 is 44.6 Å². The van der Waals surface area contributed by atoms with Gasteiger partial charge in [-0.2, -0.15) is 11.4 Å². The van der Waals surface area contributed by atoms with Crippen LogP contribution in [0.25, 0.3) is 16.5 Å². The Bertz CT molecular complexity index is 3490. The minimum Gasteiger partial charge on any atom is -0.756 e. The monoisotopic (exact) mass is 1330 g/mol. The number of hydrogen-bond acceptors (Lipinski definition) is 21. The minimum absolute atomic E-state index is 0. The van der Waals surface area contributed by atoms with Crippen molar-refractivity contribution in [2.45, 2.75) is 175 Å². The van der Waals surface area contributed by atoms with Gasteiger partial charge in [0.25, 0.3) is 7.82 Å². The molecule has 6 aliphatic heterocycles. The molecule has 2 aromatic heterocycles. The fourth-order valence-corrected chi connectivity index (χ4v) is 15.9. The van der Waals surface area contributed by atoms with Gasteiger partial charge < -0.3 is 85.8 Å². The molecule has 2 saturated heterocycles. The van der Waals surface area contributed by atoms with Gasteiger partial charge in [0, 0.05) is 103 Å². The third-order valence-electron chi connectivity index (χ3n) is 19.5. The molecule has 15 N–H and O–H groups in total. The van der Waals surface area contributed by atoms with E-state index in [1.165, 1.54) is 30.3 Å². The largest absolute Gasteiger partial charge is 3.00 e. The summed E-state index contributed by atoms with van der Waals surface area (Å²) in [6, 6.07) is -1.06. The van der Waals surface area contributed by atoms with Gasteiger partial charge >= 0.3 is 16.8 Å². The number of aliphatic imine (C=N–C) groups is 3. The molecular weight excluding hydrogens is 1250 g/mol. The third-order valence-corrected chi connectivity index (χ3v) is 20.7. The second-order valence-corrected chi connectivity index (χ2v) is 27.1. The van der Waals surface area contributed by atoms with Crippen LogP contribution in [-0.2, 0) is 68.7 Å². The molecule has 91 heavy (non-hydrogen) atoms. The molecule has 496 valence electrons. The van der Waals surface area contributed by atoms with Gasteiger partial charge in [-0.25, -0.2) is 15.0 Å². The first-order chi connectivity index (χ1) is 42.0. The van der Waals surface area contributed by atoms with Gasteiger partial charge in [0.15, 0.2) is 11.9 Å². The van der Waals surface area contributed by atoms with Crippen LogP contribution >= 0.6 is 7.82 Å². The van der Waals surface area contributed by atoms with Crippen molar-refractivity contribution in [3.63, 3.8) is 0 Å². The summed E-state index contributed by atoms with van der Waals surface area (Å²) < 4.78 is 31.4. The number of aliphatic hydroxyl groups is 2. The van der Waals surface area contributed by atoms with Crippen LogP contribution in [0.15, 0.2) is 68.1 Å². The Morgan fingerprint density at radius 1 is 0.857 bits per heavy atom. The van der Waals surface area contributed by atoms with E-state index in [2.05, 4.69) is 20.3 Å². The van der Waals surface area contributed by atoms with Gasteiger partial charge in [-0.1, -0.05) is 40.7 Å². The average molecular weight is 1330 g/mol. The topological polar surface area (TPSA) is 514 Å². The number of amides is 7. The molecule has 15 atom stereocenters. The Morgan fingerprint density at radius 3 is 2.04 bits per heavy atom. The van der Waals surface area contributed by atoms with E-state index < -0.39 is 143 Å². The zero-order chi connectivity index (χ0) is 67.0. The van der Waals surface area contributed by atoms with Crippen molar-refractivity contribution in [1.82, 2.24) is 24.8 Å². The van der Waals surface area contributed by atoms with E-state index in [1.54, 1.807) is 13.8 Å². The Morgan fingerprint density at radius 2 is 1.46 bits per heavy atom. The average Bonchev–Trinajstić information content (AvgIpc) is 1.53. The van der Waals surface area contributed by atoms with Crippen LogP contribution in [0.5, 0.6) is 0 Å². The van der Waals surface area contributed by atoms with Gasteiger partial charge in [0.05, 0.1) is 42.5 Å².